The van der Waals surface area contributed by atoms with Gasteiger partial charge in [0, 0.05) is 6.04 Å². The van der Waals surface area contributed by atoms with E-state index in [0.29, 0.717) is 22.7 Å². The molecule has 0 unspecified atom stereocenters. The van der Waals surface area contributed by atoms with Crippen molar-refractivity contribution in [1.82, 2.24) is 19.7 Å². The summed E-state index contributed by atoms with van der Waals surface area (Å²) in [5.41, 5.74) is -0.118. The Balaban J connectivity index is 1.57. The summed E-state index contributed by atoms with van der Waals surface area (Å²) in [5, 5.41) is 15.1. The number of aromatic nitrogens is 4. The van der Waals surface area contributed by atoms with Crippen LogP contribution in [0.4, 0.5) is 10.6 Å². The zero-order chi connectivity index (χ0) is 25.1. The molecule has 4 atom stereocenters. The van der Waals surface area contributed by atoms with E-state index in [1.54, 1.807) is 22.7 Å². The highest BCUT2D eigenvalue weighted by Gasteiger charge is 2.56. The molecule has 4 heterocycles. The predicted molar refractivity (Wildman–Crippen MR) is 126 cm³/mol. The molecule has 2 aromatic rings. The van der Waals surface area contributed by atoms with Gasteiger partial charge in [-0.1, -0.05) is 12.8 Å². The lowest BCUT2D eigenvalue weighted by atomic mass is 10.1. The SMILES string of the molecule is Cc1nc(N(C(=O)OC(C)(C)C)C2CCCC2)c2cnn([C@@H]3O[C@H](CO)[C@H]4OC(C)(C)O[C@H]43)c2n1. The second-order valence-electron chi connectivity index (χ2n) is 11.0. The number of carbonyl (C=O) groups excluding carboxylic acids is 1. The number of ether oxygens (including phenoxy) is 4. The molecule has 35 heavy (non-hydrogen) atoms. The average molecular weight is 490 g/mol. The van der Waals surface area contributed by atoms with Crippen LogP contribution in [0.3, 0.4) is 0 Å². The third-order valence-electron chi connectivity index (χ3n) is 6.60. The number of aliphatic hydroxyl groups is 1. The summed E-state index contributed by atoms with van der Waals surface area (Å²) in [4.78, 5) is 24.4. The molecule has 1 N–H and O–H groups in total. The minimum Gasteiger partial charge on any atom is -0.443 e. The zero-order valence-corrected chi connectivity index (χ0v) is 21.2. The van der Waals surface area contributed by atoms with Gasteiger partial charge in [0.2, 0.25) is 0 Å². The number of fused-ring (bicyclic) bond motifs is 2. The van der Waals surface area contributed by atoms with Crippen LogP contribution in [0.1, 0.15) is 72.4 Å². The summed E-state index contributed by atoms with van der Waals surface area (Å²) in [6.45, 7) is 10.8. The highest BCUT2D eigenvalue weighted by Crippen LogP contribution is 2.44. The van der Waals surface area contributed by atoms with Crippen LogP contribution >= 0.6 is 0 Å². The standard InChI is InChI=1S/C24H35N5O6/c1-13-26-19(28(14-9-7-8-10-14)22(31)35-23(2,3)4)15-11-25-29(20(15)27-13)21-18-17(16(12-30)32-21)33-24(5,6)34-18/h11,14,16-18,21,30H,7-10,12H2,1-6H3/t16-,17-,18-,21-/m1/s1. The summed E-state index contributed by atoms with van der Waals surface area (Å²) >= 11 is 0. The molecule has 11 heteroatoms. The molecular formula is C24H35N5O6. The van der Waals surface area contributed by atoms with E-state index in [2.05, 4.69) is 15.1 Å². The summed E-state index contributed by atoms with van der Waals surface area (Å²) in [5.74, 6) is 0.176. The maximum absolute atomic E-state index is 13.4. The molecule has 2 saturated heterocycles. The second-order valence-corrected chi connectivity index (χ2v) is 11.0. The van der Waals surface area contributed by atoms with Crippen molar-refractivity contribution in [1.29, 1.82) is 0 Å². The summed E-state index contributed by atoms with van der Waals surface area (Å²) < 4.78 is 25.7. The Labute approximate surface area is 204 Å². The second kappa shape index (κ2) is 8.65. The van der Waals surface area contributed by atoms with Crippen LogP contribution in [0.2, 0.25) is 0 Å². The molecule has 3 aliphatic rings. The van der Waals surface area contributed by atoms with Crippen molar-refractivity contribution in [3.63, 3.8) is 0 Å². The van der Waals surface area contributed by atoms with Crippen molar-refractivity contribution in [2.24, 2.45) is 0 Å². The fraction of sp³-hybridized carbons (Fsp3) is 0.750. The third-order valence-corrected chi connectivity index (χ3v) is 6.60. The van der Waals surface area contributed by atoms with E-state index < -0.39 is 42.0 Å². The molecule has 5 rings (SSSR count). The number of rotatable bonds is 4. The van der Waals surface area contributed by atoms with E-state index in [9.17, 15) is 9.90 Å². The maximum atomic E-state index is 13.4. The van der Waals surface area contributed by atoms with Gasteiger partial charge in [-0.15, -0.1) is 0 Å². The Hall–Kier alpha value is -2.34. The Morgan fingerprint density at radius 2 is 1.91 bits per heavy atom. The molecule has 11 nitrogen and oxygen atoms in total. The monoisotopic (exact) mass is 489 g/mol. The fourth-order valence-electron chi connectivity index (χ4n) is 5.27. The minimum atomic E-state index is -0.806. The number of anilines is 1. The fourth-order valence-corrected chi connectivity index (χ4v) is 5.27. The van der Waals surface area contributed by atoms with Crippen LogP contribution in [0, 0.1) is 6.92 Å². The molecule has 0 spiro atoms. The molecule has 0 aromatic carbocycles. The van der Waals surface area contributed by atoms with Crippen LogP contribution in [0.25, 0.3) is 11.0 Å². The van der Waals surface area contributed by atoms with Gasteiger partial charge >= 0.3 is 6.09 Å². The molecule has 3 fully saturated rings. The molecule has 2 aromatic heterocycles. The first kappa shape index (κ1) is 24.4. The molecule has 1 amide bonds. The molecular weight excluding hydrogens is 454 g/mol. The number of aryl methyl sites for hydroxylation is 1. The van der Waals surface area contributed by atoms with Crippen molar-refractivity contribution in [2.45, 2.75) is 109 Å². The minimum absolute atomic E-state index is 0.0102. The van der Waals surface area contributed by atoms with E-state index in [1.807, 2.05) is 34.6 Å². The predicted octanol–water partition coefficient (Wildman–Crippen LogP) is 3.23. The molecule has 2 aliphatic heterocycles. The van der Waals surface area contributed by atoms with E-state index in [1.165, 1.54) is 0 Å². The highest BCUT2D eigenvalue weighted by atomic mass is 16.8. The van der Waals surface area contributed by atoms with Gasteiger partial charge in [0.25, 0.3) is 0 Å². The zero-order valence-electron chi connectivity index (χ0n) is 21.2. The Kier molecular flexibility index (Phi) is 6.02. The van der Waals surface area contributed by atoms with E-state index >= 15 is 0 Å². The third kappa shape index (κ3) is 4.50. The smallest absolute Gasteiger partial charge is 0.416 e. The van der Waals surface area contributed by atoms with Crippen LogP contribution in [0.15, 0.2) is 6.20 Å². The first-order chi connectivity index (χ1) is 16.5. The Morgan fingerprint density at radius 1 is 1.23 bits per heavy atom. The number of aliphatic hydroxyl groups excluding tert-OH is 1. The van der Waals surface area contributed by atoms with Gasteiger partial charge < -0.3 is 24.1 Å². The molecule has 1 saturated carbocycles. The lowest BCUT2D eigenvalue weighted by Gasteiger charge is -2.31. The van der Waals surface area contributed by atoms with Crippen molar-refractivity contribution >= 4 is 22.9 Å². The van der Waals surface area contributed by atoms with Gasteiger partial charge in [-0.3, -0.25) is 4.90 Å². The lowest BCUT2D eigenvalue weighted by Crippen LogP contribution is -2.43. The van der Waals surface area contributed by atoms with Gasteiger partial charge in [-0.05, 0) is 54.4 Å². The van der Waals surface area contributed by atoms with Crippen LogP contribution in [-0.2, 0) is 18.9 Å². The number of carbonyl (C=O) groups is 1. The van der Waals surface area contributed by atoms with Gasteiger partial charge in [-0.25, -0.2) is 19.4 Å². The largest absolute Gasteiger partial charge is 0.443 e. The van der Waals surface area contributed by atoms with Crippen molar-refractivity contribution in [3.8, 4) is 0 Å². The van der Waals surface area contributed by atoms with Crippen LogP contribution in [-0.4, -0.2) is 73.3 Å². The topological polar surface area (TPSA) is 121 Å². The van der Waals surface area contributed by atoms with Gasteiger partial charge in [0.05, 0.1) is 18.2 Å². The highest BCUT2D eigenvalue weighted by molar-refractivity contribution is 5.97. The lowest BCUT2D eigenvalue weighted by molar-refractivity contribution is -0.201. The first-order valence-corrected chi connectivity index (χ1v) is 12.3. The van der Waals surface area contributed by atoms with Gasteiger partial charge in [0.1, 0.15) is 29.7 Å². The van der Waals surface area contributed by atoms with Gasteiger partial charge in [0.15, 0.2) is 23.5 Å². The quantitative estimate of drug-likeness (QED) is 0.690. The van der Waals surface area contributed by atoms with E-state index in [-0.39, 0.29) is 12.6 Å². The summed E-state index contributed by atoms with van der Waals surface area (Å²) in [6, 6.07) is -0.0102. The van der Waals surface area contributed by atoms with Crippen LogP contribution < -0.4 is 4.90 Å². The Bertz CT molecular complexity index is 1110. The maximum Gasteiger partial charge on any atom is 0.416 e. The van der Waals surface area contributed by atoms with E-state index in [4.69, 9.17) is 18.9 Å². The molecule has 0 bridgehead atoms. The molecule has 1 aliphatic carbocycles. The molecule has 192 valence electrons. The van der Waals surface area contributed by atoms with Crippen LogP contribution in [0.5, 0.6) is 0 Å². The normalized spacial score (nSPS) is 28.5. The first-order valence-electron chi connectivity index (χ1n) is 12.3. The van der Waals surface area contributed by atoms with E-state index in [0.717, 1.165) is 25.7 Å². The summed E-state index contributed by atoms with van der Waals surface area (Å²) in [6.07, 6.45) is 2.98. The summed E-state index contributed by atoms with van der Waals surface area (Å²) in [7, 11) is 0. The number of nitrogens with zero attached hydrogens (tertiary/aromatic N) is 5. The Morgan fingerprint density at radius 3 is 2.57 bits per heavy atom. The molecule has 0 radical (unpaired) electrons. The number of hydrogen-bond acceptors (Lipinski definition) is 9. The van der Waals surface area contributed by atoms with Crippen molar-refractivity contribution < 1.29 is 28.8 Å². The van der Waals surface area contributed by atoms with Crippen molar-refractivity contribution in [3.05, 3.63) is 12.0 Å². The number of hydrogen-bond donors (Lipinski definition) is 1. The van der Waals surface area contributed by atoms with Crippen molar-refractivity contribution in [2.75, 3.05) is 11.5 Å². The van der Waals surface area contributed by atoms with Gasteiger partial charge in [-0.2, -0.15) is 5.10 Å². The number of amides is 1. The average Bonchev–Trinajstić information content (AvgIpc) is 3.50.